The molecule has 0 bridgehead atoms. The summed E-state index contributed by atoms with van der Waals surface area (Å²) in [5.41, 5.74) is 1.60. The third kappa shape index (κ3) is 4.24. The molecule has 2 aromatic rings. The molecule has 1 aromatic heterocycles. The topological polar surface area (TPSA) is 96.5 Å². The summed E-state index contributed by atoms with van der Waals surface area (Å²) in [4.78, 5) is 26.7. The van der Waals surface area contributed by atoms with E-state index in [1.54, 1.807) is 20.2 Å². The highest BCUT2D eigenvalue weighted by Gasteiger charge is 2.23. The minimum absolute atomic E-state index is 0.167. The Bertz CT molecular complexity index is 861. The van der Waals surface area contributed by atoms with E-state index >= 15 is 0 Å². The molecule has 2 N–H and O–H groups in total. The van der Waals surface area contributed by atoms with Crippen molar-refractivity contribution in [3.63, 3.8) is 0 Å². The Labute approximate surface area is 166 Å². The molecule has 0 spiro atoms. The molecule has 0 saturated heterocycles. The van der Waals surface area contributed by atoms with Crippen LogP contribution in [0.3, 0.4) is 0 Å². The van der Waals surface area contributed by atoms with Gasteiger partial charge in [-0.15, -0.1) is 0 Å². The second-order valence-electron chi connectivity index (χ2n) is 6.36. The lowest BCUT2D eigenvalue weighted by molar-refractivity contribution is 0.0828. The van der Waals surface area contributed by atoms with Crippen molar-refractivity contribution in [1.29, 1.82) is 0 Å². The Morgan fingerprint density at radius 3 is 2.26 bits per heavy atom. The summed E-state index contributed by atoms with van der Waals surface area (Å²) in [7, 11) is 6.22. The van der Waals surface area contributed by atoms with Crippen LogP contribution >= 0.6 is 15.9 Å². The van der Waals surface area contributed by atoms with E-state index in [0.29, 0.717) is 21.7 Å². The van der Waals surface area contributed by atoms with Crippen molar-refractivity contribution in [1.82, 2.24) is 15.1 Å². The first-order valence-electron chi connectivity index (χ1n) is 8.24. The lowest BCUT2D eigenvalue weighted by atomic mass is 10.1. The van der Waals surface area contributed by atoms with Gasteiger partial charge in [0.1, 0.15) is 0 Å². The zero-order valence-corrected chi connectivity index (χ0v) is 17.7. The minimum Gasteiger partial charge on any atom is -0.493 e. The third-order valence-electron chi connectivity index (χ3n) is 3.93. The van der Waals surface area contributed by atoms with Crippen molar-refractivity contribution in [2.75, 3.05) is 33.6 Å². The van der Waals surface area contributed by atoms with Gasteiger partial charge in [-0.2, -0.15) is 5.10 Å². The van der Waals surface area contributed by atoms with Crippen LogP contribution in [0.2, 0.25) is 0 Å². The van der Waals surface area contributed by atoms with E-state index in [2.05, 4.69) is 31.4 Å². The number of halogens is 1. The van der Waals surface area contributed by atoms with Crippen molar-refractivity contribution in [2.45, 2.75) is 19.8 Å². The molecule has 2 amide bonds. The number of carbonyl (C=O) groups excluding carboxylic acids is 2. The average molecular weight is 439 g/mol. The molecule has 0 atom stereocenters. The lowest BCUT2D eigenvalue weighted by Crippen LogP contribution is -2.24. The van der Waals surface area contributed by atoms with Crippen LogP contribution in [0.1, 0.15) is 46.3 Å². The summed E-state index contributed by atoms with van der Waals surface area (Å²) in [6, 6.07) is 3.09. The molecule has 0 unspecified atom stereocenters. The van der Waals surface area contributed by atoms with Gasteiger partial charge in [0.15, 0.2) is 17.2 Å². The van der Waals surface area contributed by atoms with Crippen molar-refractivity contribution in [3.8, 4) is 11.5 Å². The number of carbonyl (C=O) groups is 2. The molecule has 0 fully saturated rings. The largest absolute Gasteiger partial charge is 0.493 e. The van der Waals surface area contributed by atoms with Crippen molar-refractivity contribution in [2.24, 2.45) is 0 Å². The SMILES string of the molecule is COc1cc(NC(=O)c2n[nH]c(C(C)C)c2Br)c(C(=O)N(C)C)cc1OC. The second kappa shape index (κ2) is 8.43. The van der Waals surface area contributed by atoms with Crippen molar-refractivity contribution < 1.29 is 19.1 Å². The zero-order valence-electron chi connectivity index (χ0n) is 16.1. The van der Waals surface area contributed by atoms with Gasteiger partial charge in [0, 0.05) is 20.2 Å². The number of ether oxygens (including phenoxy) is 2. The van der Waals surface area contributed by atoms with Gasteiger partial charge in [0.05, 0.1) is 35.6 Å². The van der Waals surface area contributed by atoms with Gasteiger partial charge in [0.25, 0.3) is 11.8 Å². The Morgan fingerprint density at radius 1 is 1.19 bits per heavy atom. The van der Waals surface area contributed by atoms with Gasteiger partial charge < -0.3 is 19.7 Å². The molecule has 0 radical (unpaired) electrons. The van der Waals surface area contributed by atoms with Gasteiger partial charge >= 0.3 is 0 Å². The molecular weight excluding hydrogens is 416 g/mol. The summed E-state index contributed by atoms with van der Waals surface area (Å²) in [6.45, 7) is 3.98. The minimum atomic E-state index is -0.454. The normalized spacial score (nSPS) is 10.7. The maximum atomic E-state index is 12.7. The maximum Gasteiger partial charge on any atom is 0.277 e. The van der Waals surface area contributed by atoms with Crippen LogP contribution in [0, 0.1) is 0 Å². The molecule has 9 heteroatoms. The van der Waals surface area contributed by atoms with Crippen LogP contribution in [0.4, 0.5) is 5.69 Å². The molecule has 146 valence electrons. The maximum absolute atomic E-state index is 12.7. The van der Waals surface area contributed by atoms with Gasteiger partial charge in [-0.3, -0.25) is 14.7 Å². The fourth-order valence-corrected chi connectivity index (χ4v) is 3.27. The van der Waals surface area contributed by atoms with E-state index in [0.717, 1.165) is 5.69 Å². The number of nitrogens with zero attached hydrogens (tertiary/aromatic N) is 2. The highest BCUT2D eigenvalue weighted by molar-refractivity contribution is 9.10. The molecule has 1 aromatic carbocycles. The molecule has 27 heavy (non-hydrogen) atoms. The number of H-pyrrole nitrogens is 1. The Kier molecular flexibility index (Phi) is 6.48. The van der Waals surface area contributed by atoms with Gasteiger partial charge in [-0.05, 0) is 27.9 Å². The summed E-state index contributed by atoms with van der Waals surface area (Å²) >= 11 is 3.41. The van der Waals surface area contributed by atoms with Gasteiger partial charge in [-0.25, -0.2) is 0 Å². The van der Waals surface area contributed by atoms with E-state index < -0.39 is 5.91 Å². The number of aromatic nitrogens is 2. The monoisotopic (exact) mass is 438 g/mol. The molecule has 0 aliphatic heterocycles. The molecule has 2 rings (SSSR count). The quantitative estimate of drug-likeness (QED) is 0.721. The molecule has 0 aliphatic carbocycles. The van der Waals surface area contributed by atoms with Gasteiger partial charge in [-0.1, -0.05) is 13.8 Å². The molecule has 0 aliphatic rings. The number of anilines is 1. The van der Waals surface area contributed by atoms with E-state index in [1.165, 1.54) is 25.2 Å². The number of amides is 2. The summed E-state index contributed by atoms with van der Waals surface area (Å²) < 4.78 is 11.1. The first kappa shape index (κ1) is 20.8. The standard InChI is InChI=1S/C18H23BrN4O4/c1-9(2)15-14(19)16(22-21-15)17(24)20-11-8-13(27-6)12(26-5)7-10(11)18(25)23(3)4/h7-9H,1-6H3,(H,20,24)(H,21,22). The van der Waals surface area contributed by atoms with E-state index in [-0.39, 0.29) is 23.1 Å². The van der Waals surface area contributed by atoms with Crippen molar-refractivity contribution >= 4 is 33.4 Å². The Hall–Kier alpha value is -2.55. The number of aromatic amines is 1. The Balaban J connectivity index is 2.47. The lowest BCUT2D eigenvalue weighted by Gasteiger charge is -2.17. The highest BCUT2D eigenvalue weighted by atomic mass is 79.9. The summed E-state index contributed by atoms with van der Waals surface area (Å²) in [6.07, 6.45) is 0. The fourth-order valence-electron chi connectivity index (χ4n) is 2.46. The smallest absolute Gasteiger partial charge is 0.277 e. The molecule has 1 heterocycles. The zero-order chi connectivity index (χ0) is 20.3. The number of hydrogen-bond donors (Lipinski definition) is 2. The number of benzene rings is 1. The van der Waals surface area contributed by atoms with E-state index in [4.69, 9.17) is 9.47 Å². The predicted octanol–water partition coefficient (Wildman–Crippen LogP) is 3.27. The third-order valence-corrected chi connectivity index (χ3v) is 4.74. The number of nitrogens with one attached hydrogen (secondary N) is 2. The van der Waals surface area contributed by atoms with Crippen LogP contribution < -0.4 is 14.8 Å². The summed E-state index contributed by atoms with van der Waals surface area (Å²) in [5, 5.41) is 9.69. The fraction of sp³-hybridized carbons (Fsp3) is 0.389. The number of rotatable bonds is 6. The first-order chi connectivity index (χ1) is 12.7. The van der Waals surface area contributed by atoms with Crippen LogP contribution in [0.15, 0.2) is 16.6 Å². The van der Waals surface area contributed by atoms with Crippen LogP contribution in [0.25, 0.3) is 0 Å². The van der Waals surface area contributed by atoms with Gasteiger partial charge in [0.2, 0.25) is 0 Å². The van der Waals surface area contributed by atoms with Crippen LogP contribution in [0.5, 0.6) is 11.5 Å². The van der Waals surface area contributed by atoms with Crippen LogP contribution in [-0.2, 0) is 0 Å². The van der Waals surface area contributed by atoms with E-state index in [9.17, 15) is 9.59 Å². The molecule has 0 saturated carbocycles. The number of hydrogen-bond acceptors (Lipinski definition) is 5. The van der Waals surface area contributed by atoms with E-state index in [1.807, 2.05) is 13.8 Å². The summed E-state index contributed by atoms with van der Waals surface area (Å²) in [5.74, 6) is 0.219. The highest BCUT2D eigenvalue weighted by Crippen LogP contribution is 2.34. The number of methoxy groups -OCH3 is 2. The predicted molar refractivity (Wildman–Crippen MR) is 106 cm³/mol. The Morgan fingerprint density at radius 2 is 1.78 bits per heavy atom. The first-order valence-corrected chi connectivity index (χ1v) is 9.03. The van der Waals surface area contributed by atoms with Crippen molar-refractivity contribution in [3.05, 3.63) is 33.6 Å². The second-order valence-corrected chi connectivity index (χ2v) is 7.15. The molecular formula is C18H23BrN4O4. The van der Waals surface area contributed by atoms with Crippen LogP contribution in [-0.4, -0.2) is 55.2 Å². The molecule has 8 nitrogen and oxygen atoms in total. The average Bonchev–Trinajstić information content (AvgIpc) is 3.02.